The molecule has 2 N–H and O–H groups in total. The summed E-state index contributed by atoms with van der Waals surface area (Å²) in [6, 6.07) is 0. The van der Waals surface area contributed by atoms with Gasteiger partial charge in [0.1, 0.15) is 0 Å². The maximum atomic E-state index is 10.8. The molecule has 0 aromatic rings. The van der Waals surface area contributed by atoms with E-state index >= 15 is 0 Å². The van der Waals surface area contributed by atoms with Crippen LogP contribution in [0.2, 0.25) is 0 Å². The second-order valence-corrected chi connectivity index (χ2v) is 2.57. The average Bonchev–Trinajstić information content (AvgIpc) is 2.04. The van der Waals surface area contributed by atoms with Crippen molar-refractivity contribution in [1.82, 2.24) is 5.32 Å². The van der Waals surface area contributed by atoms with Crippen LogP contribution in [0.1, 0.15) is 19.8 Å². The summed E-state index contributed by atoms with van der Waals surface area (Å²) in [5.74, 6) is -1.39. The molecule has 0 saturated carbocycles. The number of carboxylic acid groups (broad SMARTS) is 1. The highest BCUT2D eigenvalue weighted by Crippen LogP contribution is 1.87. The third-order valence-corrected chi connectivity index (χ3v) is 1.31. The molecule has 0 fully saturated rings. The number of rotatable bonds is 7. The topological polar surface area (TPSA) is 75.6 Å². The van der Waals surface area contributed by atoms with E-state index in [1.54, 1.807) is 0 Å². The predicted molar refractivity (Wildman–Crippen MR) is 46.4 cm³/mol. The van der Waals surface area contributed by atoms with E-state index in [0.717, 1.165) is 12.8 Å². The lowest BCUT2D eigenvalue weighted by Crippen LogP contribution is -2.29. The molecule has 5 nitrogen and oxygen atoms in total. The van der Waals surface area contributed by atoms with Gasteiger partial charge in [-0.05, 0) is 6.42 Å². The van der Waals surface area contributed by atoms with Crippen molar-refractivity contribution >= 4 is 11.9 Å². The molecule has 0 amide bonds. The molecule has 5 heteroatoms. The standard InChI is InChI=1S/C8H15NO4/c1-2-3-4-13-8(12)6-9-5-7(10)11/h9H,2-6H2,1H3,(H,10,11). The molecule has 76 valence electrons. The monoisotopic (exact) mass is 189 g/mol. The Morgan fingerprint density at radius 3 is 2.62 bits per heavy atom. The number of aliphatic carboxylic acids is 1. The molecular formula is C8H15NO4. The fourth-order valence-corrected chi connectivity index (χ4v) is 0.653. The quantitative estimate of drug-likeness (QED) is 0.435. The Balaban J connectivity index is 3.25. The third kappa shape index (κ3) is 8.81. The zero-order chi connectivity index (χ0) is 10.1. The summed E-state index contributed by atoms with van der Waals surface area (Å²) in [5.41, 5.74) is 0. The van der Waals surface area contributed by atoms with Crippen LogP contribution in [0, 0.1) is 0 Å². The molecule has 0 bridgehead atoms. The Labute approximate surface area is 77.1 Å². The fourth-order valence-electron chi connectivity index (χ4n) is 0.653. The number of nitrogens with one attached hydrogen (secondary N) is 1. The molecule has 0 saturated heterocycles. The smallest absolute Gasteiger partial charge is 0.319 e. The number of carboxylic acids is 1. The van der Waals surface area contributed by atoms with Crippen LogP contribution >= 0.6 is 0 Å². The molecule has 0 aromatic carbocycles. The third-order valence-electron chi connectivity index (χ3n) is 1.31. The molecule has 0 spiro atoms. The molecule has 0 radical (unpaired) electrons. The van der Waals surface area contributed by atoms with Gasteiger partial charge in [0.25, 0.3) is 0 Å². The van der Waals surface area contributed by atoms with E-state index in [1.165, 1.54) is 0 Å². The van der Waals surface area contributed by atoms with Crippen LogP contribution in [0.3, 0.4) is 0 Å². The Hall–Kier alpha value is -1.10. The van der Waals surface area contributed by atoms with E-state index in [2.05, 4.69) is 5.32 Å². The van der Waals surface area contributed by atoms with Crippen molar-refractivity contribution in [3.8, 4) is 0 Å². The van der Waals surface area contributed by atoms with Gasteiger partial charge in [-0.15, -0.1) is 0 Å². The number of unbranched alkanes of at least 4 members (excludes halogenated alkanes) is 1. The molecular weight excluding hydrogens is 174 g/mol. The van der Waals surface area contributed by atoms with Gasteiger partial charge in [0.2, 0.25) is 0 Å². The molecule has 0 atom stereocenters. The number of hydrogen-bond donors (Lipinski definition) is 2. The number of ether oxygens (including phenoxy) is 1. The van der Waals surface area contributed by atoms with Gasteiger partial charge in [-0.3, -0.25) is 14.9 Å². The minimum Gasteiger partial charge on any atom is -0.480 e. The van der Waals surface area contributed by atoms with Gasteiger partial charge in [-0.1, -0.05) is 13.3 Å². The molecule has 0 aliphatic heterocycles. The lowest BCUT2D eigenvalue weighted by Gasteiger charge is -2.03. The first kappa shape index (κ1) is 11.9. The van der Waals surface area contributed by atoms with Crippen LogP contribution in [0.15, 0.2) is 0 Å². The highest BCUT2D eigenvalue weighted by Gasteiger charge is 2.02. The predicted octanol–water partition coefficient (Wildman–Crippen LogP) is 0.00390. The van der Waals surface area contributed by atoms with Gasteiger partial charge in [-0.25, -0.2) is 0 Å². The molecule has 0 heterocycles. The van der Waals surface area contributed by atoms with Crippen molar-refractivity contribution in [2.24, 2.45) is 0 Å². The van der Waals surface area contributed by atoms with Crippen molar-refractivity contribution in [3.63, 3.8) is 0 Å². The summed E-state index contributed by atoms with van der Waals surface area (Å²) in [4.78, 5) is 20.8. The fraction of sp³-hybridized carbons (Fsp3) is 0.750. The SMILES string of the molecule is CCCCOC(=O)CNCC(=O)O. The zero-order valence-corrected chi connectivity index (χ0v) is 7.71. The van der Waals surface area contributed by atoms with Crippen LogP contribution < -0.4 is 5.32 Å². The molecule has 13 heavy (non-hydrogen) atoms. The normalized spacial score (nSPS) is 9.62. The van der Waals surface area contributed by atoms with Crippen molar-refractivity contribution in [1.29, 1.82) is 0 Å². The molecule has 0 unspecified atom stereocenters. The molecule has 0 rings (SSSR count). The highest BCUT2D eigenvalue weighted by molar-refractivity contribution is 5.73. The van der Waals surface area contributed by atoms with Crippen molar-refractivity contribution in [2.75, 3.05) is 19.7 Å². The lowest BCUT2D eigenvalue weighted by molar-refractivity contribution is -0.142. The van der Waals surface area contributed by atoms with Gasteiger partial charge >= 0.3 is 11.9 Å². The van der Waals surface area contributed by atoms with Crippen molar-refractivity contribution in [3.05, 3.63) is 0 Å². The average molecular weight is 189 g/mol. The first-order valence-corrected chi connectivity index (χ1v) is 4.25. The number of carbonyl (C=O) groups excluding carboxylic acids is 1. The van der Waals surface area contributed by atoms with Crippen LogP contribution in [0.4, 0.5) is 0 Å². The van der Waals surface area contributed by atoms with Gasteiger partial charge in [-0.2, -0.15) is 0 Å². The van der Waals surface area contributed by atoms with Gasteiger partial charge < -0.3 is 9.84 Å². The minimum atomic E-state index is -0.985. The highest BCUT2D eigenvalue weighted by atomic mass is 16.5. The van der Waals surface area contributed by atoms with E-state index in [1.807, 2.05) is 6.92 Å². The maximum Gasteiger partial charge on any atom is 0.319 e. The van der Waals surface area contributed by atoms with E-state index in [-0.39, 0.29) is 13.1 Å². The van der Waals surface area contributed by atoms with E-state index < -0.39 is 11.9 Å². The maximum absolute atomic E-state index is 10.8. The number of esters is 1. The van der Waals surface area contributed by atoms with Crippen LogP contribution in [0.5, 0.6) is 0 Å². The van der Waals surface area contributed by atoms with Crippen molar-refractivity contribution in [2.45, 2.75) is 19.8 Å². The molecule has 0 aliphatic carbocycles. The number of carbonyl (C=O) groups is 2. The van der Waals surface area contributed by atoms with Gasteiger partial charge in [0.15, 0.2) is 0 Å². The summed E-state index contributed by atoms with van der Waals surface area (Å²) in [7, 11) is 0. The Morgan fingerprint density at radius 1 is 1.38 bits per heavy atom. The second-order valence-electron chi connectivity index (χ2n) is 2.57. The summed E-state index contributed by atoms with van der Waals surface area (Å²) in [5, 5.41) is 10.7. The largest absolute Gasteiger partial charge is 0.480 e. The Bertz CT molecular complexity index is 170. The summed E-state index contributed by atoms with van der Waals surface area (Å²) in [6.07, 6.45) is 1.81. The second kappa shape index (κ2) is 7.54. The number of hydrogen-bond acceptors (Lipinski definition) is 4. The van der Waals surface area contributed by atoms with Gasteiger partial charge in [0.05, 0.1) is 19.7 Å². The van der Waals surface area contributed by atoms with E-state index in [4.69, 9.17) is 9.84 Å². The Kier molecular flexibility index (Phi) is 6.91. The first-order chi connectivity index (χ1) is 6.16. The Morgan fingerprint density at radius 2 is 2.08 bits per heavy atom. The van der Waals surface area contributed by atoms with Gasteiger partial charge in [0, 0.05) is 0 Å². The summed E-state index contributed by atoms with van der Waals surface area (Å²) < 4.78 is 4.77. The van der Waals surface area contributed by atoms with E-state index in [9.17, 15) is 9.59 Å². The van der Waals surface area contributed by atoms with Crippen molar-refractivity contribution < 1.29 is 19.4 Å². The first-order valence-electron chi connectivity index (χ1n) is 4.25. The van der Waals surface area contributed by atoms with E-state index in [0.29, 0.717) is 6.61 Å². The van der Waals surface area contributed by atoms with Crippen LogP contribution in [-0.4, -0.2) is 36.7 Å². The van der Waals surface area contributed by atoms with Crippen LogP contribution in [0.25, 0.3) is 0 Å². The minimum absolute atomic E-state index is 0.0456. The lowest BCUT2D eigenvalue weighted by atomic mass is 10.4. The zero-order valence-electron chi connectivity index (χ0n) is 7.71. The molecule has 0 aliphatic rings. The summed E-state index contributed by atoms with van der Waals surface area (Å²) in [6.45, 7) is 2.14. The molecule has 0 aromatic heterocycles. The van der Waals surface area contributed by atoms with Crippen LogP contribution in [-0.2, 0) is 14.3 Å². The summed E-state index contributed by atoms with van der Waals surface area (Å²) >= 11 is 0.